The molecular formula is C62H101N5O8. The van der Waals surface area contributed by atoms with Gasteiger partial charge in [-0.25, -0.2) is 4.79 Å². The molecule has 2 atom stereocenters. The second-order valence-corrected chi connectivity index (χ2v) is 24.5. The van der Waals surface area contributed by atoms with Crippen molar-refractivity contribution in [3.05, 3.63) is 83.4 Å². The lowest BCUT2D eigenvalue weighted by Crippen LogP contribution is -2.55. The van der Waals surface area contributed by atoms with Crippen LogP contribution in [0, 0.1) is 52.8 Å². The van der Waals surface area contributed by atoms with Crippen molar-refractivity contribution in [2.24, 2.45) is 75.7 Å². The number of hydrogen-bond acceptors (Lipinski definition) is 9. The third-order valence-electron chi connectivity index (χ3n) is 16.6. The van der Waals surface area contributed by atoms with Crippen LogP contribution in [0.2, 0.25) is 0 Å². The maximum atomic E-state index is 10.9. The molecule has 8 bridgehead atoms. The van der Waals surface area contributed by atoms with Crippen LogP contribution in [0.25, 0.3) is 0 Å². The van der Waals surface area contributed by atoms with Gasteiger partial charge in [0.15, 0.2) is 0 Å². The fraction of sp³-hybridized carbons (Fsp3) is 0.710. The number of carbonyl (C=O) groups is 4. The molecule has 75 heavy (non-hydrogen) atoms. The lowest BCUT2D eigenvalue weighted by atomic mass is 9.49. The molecule has 11 fully saturated rings. The molecule has 11 aliphatic carbocycles. The molecule has 0 spiro atoms. The quantitative estimate of drug-likeness (QED) is 0.112. The third-order valence-corrected chi connectivity index (χ3v) is 16.6. The fourth-order valence-electron chi connectivity index (χ4n) is 13.2. The van der Waals surface area contributed by atoms with Crippen LogP contribution in [-0.2, 0) is 32.1 Å². The Labute approximate surface area is 451 Å². The summed E-state index contributed by atoms with van der Waals surface area (Å²) < 4.78 is 0. The van der Waals surface area contributed by atoms with Gasteiger partial charge in [-0.3, -0.25) is 14.4 Å². The lowest BCUT2D eigenvalue weighted by molar-refractivity contribution is -0.145. The molecule has 1 saturated heterocycles. The third kappa shape index (κ3) is 25.3. The summed E-state index contributed by atoms with van der Waals surface area (Å²) in [6, 6.07) is 20.2. The number of carboxylic acids is 4. The van der Waals surface area contributed by atoms with E-state index in [-0.39, 0.29) is 17.3 Å². The Morgan fingerprint density at radius 3 is 1.51 bits per heavy atom. The van der Waals surface area contributed by atoms with Gasteiger partial charge >= 0.3 is 23.9 Å². The number of rotatable bonds is 8. The van der Waals surface area contributed by atoms with E-state index in [9.17, 15) is 19.2 Å². The molecule has 10 saturated carbocycles. The summed E-state index contributed by atoms with van der Waals surface area (Å²) in [5.74, 6) is 2.66. The largest absolute Gasteiger partial charge is 0.481 e. The highest BCUT2D eigenvalue weighted by atomic mass is 16.4. The maximum Gasteiger partial charge on any atom is 0.327 e. The van der Waals surface area contributed by atoms with Gasteiger partial charge in [0.2, 0.25) is 0 Å². The molecule has 2 aromatic rings. The first kappa shape index (κ1) is 63.4. The van der Waals surface area contributed by atoms with E-state index in [1.165, 1.54) is 151 Å². The molecule has 0 radical (unpaired) electrons. The number of carboxylic acid groups (broad SMARTS) is 4. The smallest absolute Gasteiger partial charge is 0.327 e. The van der Waals surface area contributed by atoms with Gasteiger partial charge in [0, 0.05) is 36.3 Å². The van der Waals surface area contributed by atoms with Crippen molar-refractivity contribution in [1.29, 1.82) is 0 Å². The number of nitrogens with one attached hydrogen (secondary N) is 1. The van der Waals surface area contributed by atoms with E-state index in [0.717, 1.165) is 73.7 Å². The number of allylic oxidation sites excluding steroid dienone is 1. The van der Waals surface area contributed by atoms with E-state index in [1.54, 1.807) is 19.9 Å². The number of nitrogens with two attached hydrogens (primary N) is 4. The van der Waals surface area contributed by atoms with Gasteiger partial charge in [0.05, 0.1) is 18.3 Å². The molecule has 2 unspecified atom stereocenters. The molecule has 13 heteroatoms. The fourth-order valence-corrected chi connectivity index (χ4v) is 13.2. The van der Waals surface area contributed by atoms with Crippen LogP contribution in [0.5, 0.6) is 0 Å². The van der Waals surface area contributed by atoms with Crippen LogP contribution in [0.15, 0.2) is 66.7 Å². The summed E-state index contributed by atoms with van der Waals surface area (Å²) in [5.41, 5.74) is 27.4. The first-order chi connectivity index (χ1) is 35.7. The van der Waals surface area contributed by atoms with E-state index >= 15 is 0 Å². The molecule has 0 amide bonds. The van der Waals surface area contributed by atoms with Crippen LogP contribution in [0.1, 0.15) is 205 Å². The summed E-state index contributed by atoms with van der Waals surface area (Å²) >= 11 is 0. The Balaban J connectivity index is 0.000000186. The van der Waals surface area contributed by atoms with Crippen molar-refractivity contribution in [3.8, 4) is 0 Å². The predicted octanol–water partition coefficient (Wildman–Crippen LogP) is 11.7. The number of unbranched alkanes of at least 4 members (excludes halogenated alkanes) is 1. The van der Waals surface area contributed by atoms with E-state index in [0.29, 0.717) is 30.6 Å². The van der Waals surface area contributed by atoms with Crippen LogP contribution in [0.3, 0.4) is 0 Å². The minimum absolute atomic E-state index is 0.0185. The number of fused-ring (bicyclic) bond motifs is 1. The highest BCUT2D eigenvalue weighted by molar-refractivity contribution is 5.79. The van der Waals surface area contributed by atoms with Crippen LogP contribution < -0.4 is 28.3 Å². The molecule has 13 N–H and O–H groups in total. The Morgan fingerprint density at radius 2 is 1.19 bits per heavy atom. The number of benzene rings is 2. The zero-order valence-electron chi connectivity index (χ0n) is 46.5. The summed E-state index contributed by atoms with van der Waals surface area (Å²) in [5, 5.41) is 36.5. The van der Waals surface area contributed by atoms with Crippen LogP contribution in [-0.4, -0.2) is 68.5 Å². The molecule has 0 aromatic heterocycles. The molecular weight excluding hydrogens is 943 g/mol. The lowest BCUT2D eigenvalue weighted by Gasteiger charge is -2.56. The second-order valence-electron chi connectivity index (χ2n) is 24.5. The molecule has 2 aromatic carbocycles. The zero-order valence-corrected chi connectivity index (χ0v) is 46.5. The average molecular weight is 1040 g/mol. The normalized spacial score (nSPS) is 30.4. The second kappa shape index (κ2) is 32.6. The van der Waals surface area contributed by atoms with Gasteiger partial charge in [0.25, 0.3) is 0 Å². The van der Waals surface area contributed by atoms with Gasteiger partial charge in [-0.2, -0.15) is 0 Å². The Bertz CT molecular complexity index is 1930. The van der Waals surface area contributed by atoms with E-state index in [2.05, 4.69) is 36.5 Å². The molecule has 13 nitrogen and oxygen atoms in total. The Morgan fingerprint density at radius 1 is 0.693 bits per heavy atom. The minimum atomic E-state index is -0.863. The number of aliphatic carboxylic acids is 4. The summed E-state index contributed by atoms with van der Waals surface area (Å²) in [6.07, 6.45) is 33.7. The zero-order chi connectivity index (χ0) is 55.0. The van der Waals surface area contributed by atoms with E-state index in [1.807, 2.05) is 37.3 Å². The highest BCUT2D eigenvalue weighted by Gasteiger charge is 2.52. The molecule has 422 valence electrons. The van der Waals surface area contributed by atoms with Gasteiger partial charge in [-0.05, 0) is 212 Å². The topological polar surface area (TPSA) is 265 Å². The highest BCUT2D eigenvalue weighted by Crippen LogP contribution is 2.61. The van der Waals surface area contributed by atoms with Crippen molar-refractivity contribution in [2.45, 2.75) is 218 Å². The van der Waals surface area contributed by atoms with Crippen molar-refractivity contribution in [3.63, 3.8) is 0 Å². The molecule has 1 heterocycles. The van der Waals surface area contributed by atoms with E-state index < -0.39 is 23.9 Å². The predicted molar refractivity (Wildman–Crippen MR) is 302 cm³/mol. The maximum absolute atomic E-state index is 10.9. The van der Waals surface area contributed by atoms with Crippen molar-refractivity contribution in [2.75, 3.05) is 6.54 Å². The number of aryl methyl sites for hydroxylation is 1. The van der Waals surface area contributed by atoms with Crippen molar-refractivity contribution >= 4 is 23.9 Å². The monoisotopic (exact) mass is 1040 g/mol. The standard InChI is InChI=1S/C12H18O2.C10H17N.C10H13N.C7H9N.C6H13N.C6H10O2.C4H6O2.C4H8O2.C3H7N/c13-11(14)7-12-4-8-1-9(5-12)3-10(2-8)6-12;11-10-4-7-1-8(5-10)3-9(2-7)6-10;11-10-7-3-5-8-4-1-2-6-9(8)10;8-6-7-4-2-1-3-5-7;1-6-4-2-3-5-7-6;1-2-3-4-5-6(7)8;5-4(6)3-1-2-3;1-3(2)4(5)6;4-3-1-2-3/h8-10H,1-7H2,(H,13,14);7-9H,1-6,11H2;1-2,4,6,10H,3,5,7,11H2;1-5H,6,8H2;6-7H,2-5H2,1H3;4-5H,2-3H2,1H3,(H,7,8);3H,1-2H2,(H,5,6);3H,1-2H3,(H,5,6);3H,1-2,4H2/b;;;;;5-4+;;;. The van der Waals surface area contributed by atoms with Crippen molar-refractivity contribution in [1.82, 2.24) is 5.32 Å². The molecule has 14 rings (SSSR count). The van der Waals surface area contributed by atoms with Gasteiger partial charge in [0.1, 0.15) is 0 Å². The Hall–Kier alpha value is -4.14. The first-order valence-corrected chi connectivity index (χ1v) is 29.1. The molecule has 12 aliphatic rings. The van der Waals surface area contributed by atoms with Crippen LogP contribution in [0.4, 0.5) is 0 Å². The van der Waals surface area contributed by atoms with Gasteiger partial charge < -0.3 is 48.7 Å². The average Bonchev–Trinajstić information content (AvgIpc) is 4.30. The number of piperidine rings is 1. The Kier molecular flexibility index (Phi) is 27.5. The SMILES string of the molecule is CC(C)C(=O)O.CC1CCCCN1.CCC/C=C/C(=O)O.NC12CC3CC(CC(C3)C1)C2.NC1CC1.NC1CCCc2ccccc21.NCc1ccccc1.O=C(O)C1CC1.O=C(O)CC12CC3CC(CC(C3)C1)C2. The van der Waals surface area contributed by atoms with Gasteiger partial charge in [-0.15, -0.1) is 0 Å². The minimum Gasteiger partial charge on any atom is -0.481 e. The van der Waals surface area contributed by atoms with Crippen LogP contribution >= 0.6 is 0 Å². The van der Waals surface area contributed by atoms with Crippen molar-refractivity contribution < 1.29 is 39.6 Å². The summed E-state index contributed by atoms with van der Waals surface area (Å²) in [6.45, 7) is 9.41. The summed E-state index contributed by atoms with van der Waals surface area (Å²) in [4.78, 5) is 40.1. The first-order valence-electron chi connectivity index (χ1n) is 29.1. The summed E-state index contributed by atoms with van der Waals surface area (Å²) in [7, 11) is 0. The van der Waals surface area contributed by atoms with Gasteiger partial charge in [-0.1, -0.05) is 94.3 Å². The molecule has 1 aliphatic heterocycles. The number of hydrogen-bond donors (Lipinski definition) is 9. The van der Waals surface area contributed by atoms with E-state index in [4.69, 9.17) is 43.4 Å².